The van der Waals surface area contributed by atoms with E-state index in [4.69, 9.17) is 15.7 Å². The zero-order valence-corrected chi connectivity index (χ0v) is 10.2. The molecular formula is C8H17N2O5P. The van der Waals surface area contributed by atoms with E-state index in [0.29, 0.717) is 0 Å². The average molecular weight is 252 g/mol. The number of aliphatic carboxylic acids is 1. The van der Waals surface area contributed by atoms with Crippen molar-refractivity contribution in [2.45, 2.75) is 25.4 Å². The number of hydrogen-bond acceptors (Lipinski definition) is 4. The van der Waals surface area contributed by atoms with Crippen LogP contribution in [0, 0.1) is 0 Å². The molecule has 0 fully saturated rings. The summed E-state index contributed by atoms with van der Waals surface area (Å²) in [6.45, 7) is 2.36. The minimum Gasteiger partial charge on any atom is -0.479 e. The van der Waals surface area contributed by atoms with Crippen molar-refractivity contribution in [3.05, 3.63) is 0 Å². The van der Waals surface area contributed by atoms with Crippen LogP contribution in [0.25, 0.3) is 0 Å². The molecule has 0 heterocycles. The van der Waals surface area contributed by atoms with Gasteiger partial charge in [0, 0.05) is 19.2 Å². The molecule has 5 N–H and O–H groups in total. The summed E-state index contributed by atoms with van der Waals surface area (Å²) in [6.07, 6.45) is 0.207. The molecule has 8 heteroatoms. The third-order valence-electron chi connectivity index (χ3n) is 1.82. The van der Waals surface area contributed by atoms with Crippen LogP contribution in [-0.4, -0.2) is 40.4 Å². The van der Waals surface area contributed by atoms with E-state index < -0.39 is 24.9 Å². The van der Waals surface area contributed by atoms with Crippen molar-refractivity contribution >= 4 is 19.2 Å². The second kappa shape index (κ2) is 5.43. The van der Waals surface area contributed by atoms with E-state index in [1.165, 1.54) is 6.66 Å². The van der Waals surface area contributed by atoms with Gasteiger partial charge in [-0.15, -0.1) is 0 Å². The standard InChI is InChI=1S/C8H17N2O5P/c1-8(9,7(12)13)10-6(11)4-3-5-16(2,14)15/h3-5,9H2,1-2H3,(H,10,11)(H,12,13)(H,14,15)/t8-/m0/s1. The first-order valence-corrected chi connectivity index (χ1v) is 6.96. The van der Waals surface area contributed by atoms with Crippen LogP contribution < -0.4 is 11.1 Å². The van der Waals surface area contributed by atoms with Gasteiger partial charge < -0.3 is 15.3 Å². The Morgan fingerprint density at radius 2 is 2.00 bits per heavy atom. The predicted octanol–water partition coefficient (Wildman–Crippen LogP) is -0.458. The van der Waals surface area contributed by atoms with Crippen molar-refractivity contribution in [2.75, 3.05) is 12.8 Å². The van der Waals surface area contributed by atoms with Crippen molar-refractivity contribution in [3.63, 3.8) is 0 Å². The molecule has 7 nitrogen and oxygen atoms in total. The van der Waals surface area contributed by atoms with E-state index in [1.807, 2.05) is 0 Å². The van der Waals surface area contributed by atoms with Gasteiger partial charge in [0.1, 0.15) is 0 Å². The second-order valence-corrected chi connectivity index (χ2v) is 6.48. The number of carboxylic acid groups (broad SMARTS) is 1. The Balaban J connectivity index is 4.02. The van der Waals surface area contributed by atoms with Crippen LogP contribution in [0.3, 0.4) is 0 Å². The van der Waals surface area contributed by atoms with Gasteiger partial charge in [-0.25, -0.2) is 4.79 Å². The fourth-order valence-corrected chi connectivity index (χ4v) is 1.68. The number of amides is 1. The summed E-state index contributed by atoms with van der Waals surface area (Å²) >= 11 is 0. The summed E-state index contributed by atoms with van der Waals surface area (Å²) in [6, 6.07) is 0. The minimum atomic E-state index is -3.12. The van der Waals surface area contributed by atoms with E-state index in [9.17, 15) is 14.2 Å². The van der Waals surface area contributed by atoms with E-state index in [-0.39, 0.29) is 19.0 Å². The van der Waals surface area contributed by atoms with Crippen molar-refractivity contribution in [3.8, 4) is 0 Å². The van der Waals surface area contributed by atoms with Crippen LogP contribution in [0.5, 0.6) is 0 Å². The summed E-state index contributed by atoms with van der Waals surface area (Å²) in [5.41, 5.74) is 3.47. The first-order chi connectivity index (χ1) is 7.04. The van der Waals surface area contributed by atoms with Crippen molar-refractivity contribution in [1.29, 1.82) is 0 Å². The highest BCUT2D eigenvalue weighted by atomic mass is 31.2. The minimum absolute atomic E-state index is 0.0226. The van der Waals surface area contributed by atoms with Gasteiger partial charge in [-0.3, -0.25) is 15.1 Å². The summed E-state index contributed by atoms with van der Waals surface area (Å²) in [4.78, 5) is 30.7. The summed E-state index contributed by atoms with van der Waals surface area (Å²) in [7, 11) is -3.12. The summed E-state index contributed by atoms with van der Waals surface area (Å²) in [5.74, 6) is -1.90. The fourth-order valence-electron chi connectivity index (χ4n) is 0.939. The smallest absolute Gasteiger partial charge is 0.344 e. The number of nitrogens with one attached hydrogen (secondary N) is 1. The second-order valence-electron chi connectivity index (χ2n) is 3.93. The lowest BCUT2D eigenvalue weighted by Crippen LogP contribution is -2.59. The van der Waals surface area contributed by atoms with E-state index >= 15 is 0 Å². The Kier molecular flexibility index (Phi) is 5.12. The molecule has 0 aliphatic heterocycles. The zero-order valence-electron chi connectivity index (χ0n) is 9.27. The Bertz CT molecular complexity index is 322. The molecule has 0 aromatic rings. The van der Waals surface area contributed by atoms with Crippen LogP contribution in [0.4, 0.5) is 0 Å². The molecule has 94 valence electrons. The third-order valence-corrected chi connectivity index (χ3v) is 2.97. The topological polar surface area (TPSA) is 130 Å². The maximum absolute atomic E-state index is 11.2. The lowest BCUT2D eigenvalue weighted by molar-refractivity contribution is -0.146. The van der Waals surface area contributed by atoms with E-state index in [1.54, 1.807) is 0 Å². The number of hydrogen-bond donors (Lipinski definition) is 4. The molecule has 0 aromatic carbocycles. The Morgan fingerprint density at radius 3 is 2.38 bits per heavy atom. The number of carbonyl (C=O) groups excluding carboxylic acids is 1. The molecular weight excluding hydrogens is 235 g/mol. The quantitative estimate of drug-likeness (QED) is 0.374. The number of carboxylic acids is 1. The molecule has 0 rings (SSSR count). The van der Waals surface area contributed by atoms with Gasteiger partial charge in [-0.1, -0.05) is 0 Å². The molecule has 0 aromatic heterocycles. The van der Waals surface area contributed by atoms with Gasteiger partial charge in [0.05, 0.1) is 0 Å². The molecule has 0 aliphatic rings. The fraction of sp³-hybridized carbons (Fsp3) is 0.750. The van der Waals surface area contributed by atoms with Crippen LogP contribution in [-0.2, 0) is 14.2 Å². The summed E-state index contributed by atoms with van der Waals surface area (Å²) < 4.78 is 10.9. The molecule has 2 atom stereocenters. The molecule has 0 radical (unpaired) electrons. The Morgan fingerprint density at radius 1 is 1.50 bits per heavy atom. The van der Waals surface area contributed by atoms with Crippen LogP contribution in [0.1, 0.15) is 19.8 Å². The van der Waals surface area contributed by atoms with Crippen LogP contribution in [0.2, 0.25) is 0 Å². The number of rotatable bonds is 6. The van der Waals surface area contributed by atoms with Gasteiger partial charge in [0.25, 0.3) is 0 Å². The highest BCUT2D eigenvalue weighted by Gasteiger charge is 2.29. The lowest BCUT2D eigenvalue weighted by atomic mass is 10.2. The molecule has 0 aliphatic carbocycles. The highest BCUT2D eigenvalue weighted by molar-refractivity contribution is 7.57. The molecule has 1 unspecified atom stereocenters. The molecule has 0 saturated heterocycles. The predicted molar refractivity (Wildman–Crippen MR) is 58.2 cm³/mol. The average Bonchev–Trinajstić information content (AvgIpc) is 1.99. The van der Waals surface area contributed by atoms with E-state index in [2.05, 4.69) is 5.32 Å². The Hall–Kier alpha value is -0.910. The van der Waals surface area contributed by atoms with Gasteiger partial charge >= 0.3 is 5.97 Å². The Labute approximate surface area is 93.5 Å². The number of carbonyl (C=O) groups is 2. The van der Waals surface area contributed by atoms with Crippen LogP contribution >= 0.6 is 7.37 Å². The van der Waals surface area contributed by atoms with Crippen molar-refractivity contribution in [1.82, 2.24) is 5.32 Å². The van der Waals surface area contributed by atoms with Gasteiger partial charge in [-0.2, -0.15) is 0 Å². The molecule has 1 amide bonds. The normalized spacial score (nSPS) is 18.2. The van der Waals surface area contributed by atoms with Gasteiger partial charge in [0.2, 0.25) is 5.91 Å². The maximum atomic E-state index is 11.2. The monoisotopic (exact) mass is 252 g/mol. The van der Waals surface area contributed by atoms with E-state index in [0.717, 1.165) is 6.92 Å². The first-order valence-electron chi connectivity index (χ1n) is 4.67. The first kappa shape index (κ1) is 15.1. The molecule has 0 spiro atoms. The third kappa shape index (κ3) is 6.55. The maximum Gasteiger partial charge on any atom is 0.344 e. The SMILES string of the molecule is C[C@](N)(NC(=O)CCCP(C)(=O)O)C(=O)O. The molecule has 0 saturated carbocycles. The highest BCUT2D eigenvalue weighted by Crippen LogP contribution is 2.35. The van der Waals surface area contributed by atoms with Crippen LogP contribution in [0.15, 0.2) is 0 Å². The summed E-state index contributed by atoms with van der Waals surface area (Å²) in [5, 5.41) is 10.7. The zero-order chi connectivity index (χ0) is 13.0. The molecule has 0 bridgehead atoms. The van der Waals surface area contributed by atoms with Gasteiger partial charge in [0.15, 0.2) is 13.0 Å². The number of nitrogens with two attached hydrogens (primary N) is 1. The lowest BCUT2D eigenvalue weighted by Gasteiger charge is -2.20. The van der Waals surface area contributed by atoms with Gasteiger partial charge in [-0.05, 0) is 13.3 Å². The molecule has 16 heavy (non-hydrogen) atoms. The van der Waals surface area contributed by atoms with Crippen molar-refractivity contribution in [2.24, 2.45) is 5.73 Å². The van der Waals surface area contributed by atoms with Crippen molar-refractivity contribution < 1.29 is 24.2 Å². The largest absolute Gasteiger partial charge is 0.479 e.